The van der Waals surface area contributed by atoms with Gasteiger partial charge in [-0.15, -0.1) is 0 Å². The molecular formula is C12H18N2O. The SMILES string of the molecule is CCCCOc1cc(C)ccc1C(=N)N. The van der Waals surface area contributed by atoms with Gasteiger partial charge >= 0.3 is 0 Å². The van der Waals surface area contributed by atoms with Gasteiger partial charge in [0.15, 0.2) is 0 Å². The summed E-state index contributed by atoms with van der Waals surface area (Å²) in [5.74, 6) is 0.775. The van der Waals surface area contributed by atoms with Crippen molar-refractivity contribution < 1.29 is 4.74 Å². The zero-order valence-corrected chi connectivity index (χ0v) is 9.34. The quantitative estimate of drug-likeness (QED) is 0.441. The molecule has 0 saturated carbocycles. The van der Waals surface area contributed by atoms with Crippen LogP contribution in [0.3, 0.4) is 0 Å². The van der Waals surface area contributed by atoms with Crippen LogP contribution in [0.2, 0.25) is 0 Å². The lowest BCUT2D eigenvalue weighted by Crippen LogP contribution is -2.13. The molecule has 3 nitrogen and oxygen atoms in total. The van der Waals surface area contributed by atoms with E-state index in [1.807, 2.05) is 25.1 Å². The molecule has 0 amide bonds. The van der Waals surface area contributed by atoms with Crippen molar-refractivity contribution in [3.63, 3.8) is 0 Å². The van der Waals surface area contributed by atoms with Crippen molar-refractivity contribution in [3.05, 3.63) is 29.3 Å². The highest BCUT2D eigenvalue weighted by Gasteiger charge is 2.06. The van der Waals surface area contributed by atoms with E-state index in [0.717, 1.165) is 24.2 Å². The van der Waals surface area contributed by atoms with E-state index in [-0.39, 0.29) is 5.84 Å². The highest BCUT2D eigenvalue weighted by Crippen LogP contribution is 2.20. The van der Waals surface area contributed by atoms with Crippen LogP contribution < -0.4 is 10.5 Å². The van der Waals surface area contributed by atoms with Crippen LogP contribution in [0.15, 0.2) is 18.2 Å². The summed E-state index contributed by atoms with van der Waals surface area (Å²) in [5, 5.41) is 7.42. The molecule has 1 aromatic rings. The zero-order chi connectivity index (χ0) is 11.3. The van der Waals surface area contributed by atoms with Crippen molar-refractivity contribution in [1.82, 2.24) is 0 Å². The van der Waals surface area contributed by atoms with Crippen LogP contribution in [-0.4, -0.2) is 12.4 Å². The molecule has 0 spiro atoms. The molecule has 3 N–H and O–H groups in total. The standard InChI is InChI=1S/C12H18N2O/c1-3-4-7-15-11-8-9(2)5-6-10(11)12(13)14/h5-6,8H,3-4,7H2,1-2H3,(H3,13,14). The molecule has 0 fully saturated rings. The first-order valence-corrected chi connectivity index (χ1v) is 5.23. The largest absolute Gasteiger partial charge is 0.493 e. The molecule has 0 aliphatic rings. The second kappa shape index (κ2) is 5.39. The number of hydrogen-bond donors (Lipinski definition) is 2. The van der Waals surface area contributed by atoms with Gasteiger partial charge in [-0.25, -0.2) is 0 Å². The number of amidine groups is 1. The Morgan fingerprint density at radius 2 is 2.20 bits per heavy atom. The minimum absolute atomic E-state index is 0.0569. The molecule has 0 heterocycles. The molecule has 0 radical (unpaired) electrons. The second-order valence-corrected chi connectivity index (χ2v) is 3.62. The lowest BCUT2D eigenvalue weighted by molar-refractivity contribution is 0.308. The molecule has 15 heavy (non-hydrogen) atoms. The zero-order valence-electron chi connectivity index (χ0n) is 9.34. The van der Waals surface area contributed by atoms with Crippen molar-refractivity contribution in [2.45, 2.75) is 26.7 Å². The fourth-order valence-electron chi connectivity index (χ4n) is 1.30. The maximum Gasteiger partial charge on any atom is 0.130 e. The first-order chi connectivity index (χ1) is 7.15. The summed E-state index contributed by atoms with van der Waals surface area (Å²) < 4.78 is 5.60. The minimum Gasteiger partial charge on any atom is -0.493 e. The van der Waals surface area contributed by atoms with E-state index < -0.39 is 0 Å². The Hall–Kier alpha value is -1.51. The van der Waals surface area contributed by atoms with Crippen LogP contribution in [0.25, 0.3) is 0 Å². The molecule has 3 heteroatoms. The summed E-state index contributed by atoms with van der Waals surface area (Å²) in [6.07, 6.45) is 2.12. The van der Waals surface area contributed by atoms with E-state index in [2.05, 4.69) is 6.92 Å². The van der Waals surface area contributed by atoms with Crippen molar-refractivity contribution in [3.8, 4) is 5.75 Å². The van der Waals surface area contributed by atoms with Gasteiger partial charge in [0.2, 0.25) is 0 Å². The Morgan fingerprint density at radius 3 is 2.80 bits per heavy atom. The van der Waals surface area contributed by atoms with Gasteiger partial charge in [0.05, 0.1) is 12.2 Å². The van der Waals surface area contributed by atoms with Crippen LogP contribution in [0, 0.1) is 12.3 Å². The van der Waals surface area contributed by atoms with E-state index in [1.54, 1.807) is 0 Å². The second-order valence-electron chi connectivity index (χ2n) is 3.62. The van der Waals surface area contributed by atoms with E-state index in [4.69, 9.17) is 15.9 Å². The van der Waals surface area contributed by atoms with Gasteiger partial charge < -0.3 is 10.5 Å². The molecule has 0 aliphatic carbocycles. The number of nitrogens with two attached hydrogens (primary N) is 1. The van der Waals surface area contributed by atoms with Crippen molar-refractivity contribution in [2.24, 2.45) is 5.73 Å². The number of aryl methyl sites for hydroxylation is 1. The van der Waals surface area contributed by atoms with Gasteiger partial charge in [0.1, 0.15) is 11.6 Å². The Balaban J connectivity index is 2.82. The third-order valence-corrected chi connectivity index (χ3v) is 2.18. The lowest BCUT2D eigenvalue weighted by Gasteiger charge is -2.10. The summed E-state index contributed by atoms with van der Waals surface area (Å²) in [6, 6.07) is 5.69. The van der Waals surface area contributed by atoms with Crippen molar-refractivity contribution >= 4 is 5.84 Å². The Labute approximate surface area is 90.8 Å². The van der Waals surface area contributed by atoms with Gasteiger partial charge in [-0.2, -0.15) is 0 Å². The molecule has 1 rings (SSSR count). The van der Waals surface area contributed by atoms with Crippen LogP contribution in [-0.2, 0) is 0 Å². The van der Waals surface area contributed by atoms with E-state index in [9.17, 15) is 0 Å². The van der Waals surface area contributed by atoms with Crippen LogP contribution in [0.4, 0.5) is 0 Å². The molecule has 0 bridgehead atoms. The summed E-state index contributed by atoms with van der Waals surface area (Å²) in [4.78, 5) is 0. The first kappa shape index (κ1) is 11.6. The van der Waals surface area contributed by atoms with E-state index in [1.165, 1.54) is 0 Å². The number of nitrogens with one attached hydrogen (secondary N) is 1. The predicted octanol–water partition coefficient (Wildman–Crippen LogP) is 2.46. The van der Waals surface area contributed by atoms with Gasteiger partial charge in [-0.3, -0.25) is 5.41 Å². The normalized spacial score (nSPS) is 10.0. The number of nitrogen functional groups attached to an aromatic ring is 1. The smallest absolute Gasteiger partial charge is 0.130 e. The highest BCUT2D eigenvalue weighted by atomic mass is 16.5. The molecule has 0 aliphatic heterocycles. The van der Waals surface area contributed by atoms with Gasteiger partial charge in [0, 0.05) is 0 Å². The number of rotatable bonds is 5. The van der Waals surface area contributed by atoms with Crippen LogP contribution in [0.5, 0.6) is 5.75 Å². The third-order valence-electron chi connectivity index (χ3n) is 2.18. The number of ether oxygens (including phenoxy) is 1. The van der Waals surface area contributed by atoms with Gasteiger partial charge in [-0.1, -0.05) is 19.4 Å². The Kier molecular flexibility index (Phi) is 4.16. The molecule has 0 aromatic heterocycles. The molecule has 0 atom stereocenters. The van der Waals surface area contributed by atoms with Gasteiger partial charge in [0.25, 0.3) is 0 Å². The first-order valence-electron chi connectivity index (χ1n) is 5.23. The Bertz CT molecular complexity index is 347. The van der Waals surface area contributed by atoms with Gasteiger partial charge in [-0.05, 0) is 31.0 Å². The lowest BCUT2D eigenvalue weighted by atomic mass is 10.1. The summed E-state index contributed by atoms with van der Waals surface area (Å²) in [7, 11) is 0. The monoisotopic (exact) mass is 206 g/mol. The topological polar surface area (TPSA) is 59.1 Å². The van der Waals surface area contributed by atoms with Crippen LogP contribution >= 0.6 is 0 Å². The van der Waals surface area contributed by atoms with Crippen molar-refractivity contribution in [2.75, 3.05) is 6.61 Å². The molecule has 0 unspecified atom stereocenters. The fourth-order valence-corrected chi connectivity index (χ4v) is 1.30. The third kappa shape index (κ3) is 3.27. The van der Waals surface area contributed by atoms with E-state index >= 15 is 0 Å². The fraction of sp³-hybridized carbons (Fsp3) is 0.417. The molecule has 1 aromatic carbocycles. The Morgan fingerprint density at radius 1 is 1.47 bits per heavy atom. The number of benzene rings is 1. The van der Waals surface area contributed by atoms with Crippen LogP contribution in [0.1, 0.15) is 30.9 Å². The molecule has 0 saturated heterocycles. The van der Waals surface area contributed by atoms with Crippen molar-refractivity contribution in [1.29, 1.82) is 5.41 Å². The average Bonchev–Trinajstić information content (AvgIpc) is 2.18. The molecular weight excluding hydrogens is 188 g/mol. The maximum atomic E-state index is 7.42. The predicted molar refractivity (Wildman–Crippen MR) is 62.6 cm³/mol. The number of hydrogen-bond acceptors (Lipinski definition) is 2. The maximum absolute atomic E-state index is 7.42. The number of unbranched alkanes of at least 4 members (excludes halogenated alkanes) is 1. The minimum atomic E-state index is 0.0569. The summed E-state index contributed by atoms with van der Waals surface area (Å²) in [5.41, 5.74) is 7.27. The summed E-state index contributed by atoms with van der Waals surface area (Å²) in [6.45, 7) is 4.79. The highest BCUT2D eigenvalue weighted by molar-refractivity contribution is 5.97. The molecule has 82 valence electrons. The van der Waals surface area contributed by atoms with E-state index in [0.29, 0.717) is 12.2 Å². The summed E-state index contributed by atoms with van der Waals surface area (Å²) >= 11 is 0. The average molecular weight is 206 g/mol.